The number of hydrogen-bond donors (Lipinski definition) is 0. The van der Waals surface area contributed by atoms with E-state index in [2.05, 4.69) is 11.2 Å². The maximum absolute atomic E-state index is 12.2. The standard InChI is InChI=1S/C20H18N2O3/c1-12-18(13(2)25-21-12)15-9-10-17-16(11-15)19(22(3)20(23)24-17)14-7-5-4-6-8-14/h4-11,19H,1-3H3. The minimum Gasteiger partial charge on any atom is -0.410 e. The number of rotatable bonds is 2. The van der Waals surface area contributed by atoms with Gasteiger partial charge in [0.15, 0.2) is 0 Å². The summed E-state index contributed by atoms with van der Waals surface area (Å²) < 4.78 is 10.8. The van der Waals surface area contributed by atoms with E-state index in [1.807, 2.05) is 56.3 Å². The van der Waals surface area contributed by atoms with E-state index in [1.54, 1.807) is 11.9 Å². The van der Waals surface area contributed by atoms with Crippen LogP contribution >= 0.6 is 0 Å². The molecule has 1 amide bonds. The van der Waals surface area contributed by atoms with E-state index in [4.69, 9.17) is 9.26 Å². The molecule has 1 unspecified atom stereocenters. The number of benzene rings is 2. The molecular formula is C20H18N2O3. The molecule has 0 fully saturated rings. The molecule has 2 heterocycles. The van der Waals surface area contributed by atoms with Crippen LogP contribution in [0.1, 0.15) is 28.6 Å². The van der Waals surface area contributed by atoms with Gasteiger partial charge >= 0.3 is 6.09 Å². The maximum atomic E-state index is 12.2. The highest BCUT2D eigenvalue weighted by Crippen LogP contribution is 2.41. The highest BCUT2D eigenvalue weighted by atomic mass is 16.6. The van der Waals surface area contributed by atoms with Crippen molar-refractivity contribution in [3.63, 3.8) is 0 Å². The third-order valence-corrected chi connectivity index (χ3v) is 4.61. The van der Waals surface area contributed by atoms with E-state index in [9.17, 15) is 4.79 Å². The molecule has 5 nitrogen and oxygen atoms in total. The average molecular weight is 334 g/mol. The van der Waals surface area contributed by atoms with Gasteiger partial charge in [0.1, 0.15) is 11.5 Å². The van der Waals surface area contributed by atoms with Crippen LogP contribution in [0.3, 0.4) is 0 Å². The predicted molar refractivity (Wildman–Crippen MR) is 93.5 cm³/mol. The van der Waals surface area contributed by atoms with Crippen LogP contribution in [0.25, 0.3) is 11.1 Å². The van der Waals surface area contributed by atoms with Gasteiger partial charge in [-0.1, -0.05) is 41.6 Å². The number of amides is 1. The first-order valence-corrected chi connectivity index (χ1v) is 8.13. The van der Waals surface area contributed by atoms with E-state index >= 15 is 0 Å². The quantitative estimate of drug-likeness (QED) is 0.693. The average Bonchev–Trinajstić information content (AvgIpc) is 2.95. The Balaban J connectivity index is 1.90. The van der Waals surface area contributed by atoms with Crippen molar-refractivity contribution >= 4 is 6.09 Å². The Hall–Kier alpha value is -3.08. The number of hydrogen-bond acceptors (Lipinski definition) is 4. The Morgan fingerprint density at radius 2 is 1.84 bits per heavy atom. The number of aryl methyl sites for hydroxylation is 2. The lowest BCUT2D eigenvalue weighted by molar-refractivity contribution is 0.140. The van der Waals surface area contributed by atoms with E-state index in [-0.39, 0.29) is 12.1 Å². The maximum Gasteiger partial charge on any atom is 0.415 e. The Morgan fingerprint density at radius 1 is 1.08 bits per heavy atom. The van der Waals surface area contributed by atoms with Gasteiger partial charge < -0.3 is 9.26 Å². The molecule has 1 aliphatic rings. The Labute approximate surface area is 145 Å². The molecule has 0 aliphatic carbocycles. The van der Waals surface area contributed by atoms with Crippen LogP contribution in [0.2, 0.25) is 0 Å². The number of nitrogens with zero attached hydrogens (tertiary/aromatic N) is 2. The van der Waals surface area contributed by atoms with E-state index < -0.39 is 0 Å². The zero-order valence-electron chi connectivity index (χ0n) is 14.3. The molecule has 0 N–H and O–H groups in total. The van der Waals surface area contributed by atoms with Crippen molar-refractivity contribution in [2.75, 3.05) is 7.05 Å². The van der Waals surface area contributed by atoms with Gasteiger partial charge in [-0.3, -0.25) is 4.90 Å². The molecule has 1 atom stereocenters. The second-order valence-electron chi connectivity index (χ2n) is 6.24. The summed E-state index contributed by atoms with van der Waals surface area (Å²) in [6.07, 6.45) is -0.355. The van der Waals surface area contributed by atoms with Crippen LogP contribution in [0.15, 0.2) is 53.1 Å². The van der Waals surface area contributed by atoms with Gasteiger partial charge in [0, 0.05) is 18.2 Å². The van der Waals surface area contributed by atoms with Crippen molar-refractivity contribution in [3.05, 3.63) is 71.1 Å². The SMILES string of the molecule is Cc1noc(C)c1-c1ccc2c(c1)C(c1ccccc1)N(C)C(=O)O2. The number of fused-ring (bicyclic) bond motifs is 1. The lowest BCUT2D eigenvalue weighted by Gasteiger charge is -2.34. The van der Waals surface area contributed by atoms with Crippen molar-refractivity contribution in [3.8, 4) is 16.9 Å². The van der Waals surface area contributed by atoms with Crippen LogP contribution in [0.4, 0.5) is 4.79 Å². The topological polar surface area (TPSA) is 55.6 Å². The molecule has 1 aliphatic heterocycles. The van der Waals surface area contributed by atoms with Crippen LogP contribution < -0.4 is 4.74 Å². The highest BCUT2D eigenvalue weighted by Gasteiger charge is 2.33. The summed E-state index contributed by atoms with van der Waals surface area (Å²) in [6, 6.07) is 15.6. The molecule has 5 heteroatoms. The number of ether oxygens (including phenoxy) is 1. The normalized spacial score (nSPS) is 16.5. The molecule has 0 saturated heterocycles. The lowest BCUT2D eigenvalue weighted by atomic mass is 9.92. The Kier molecular flexibility index (Phi) is 3.57. The van der Waals surface area contributed by atoms with Gasteiger partial charge in [0.2, 0.25) is 0 Å². The minimum atomic E-state index is -0.355. The first kappa shape index (κ1) is 15.4. The molecule has 25 heavy (non-hydrogen) atoms. The smallest absolute Gasteiger partial charge is 0.410 e. The third-order valence-electron chi connectivity index (χ3n) is 4.61. The van der Waals surface area contributed by atoms with Crippen molar-refractivity contribution in [2.24, 2.45) is 0 Å². The molecule has 1 aromatic heterocycles. The molecule has 0 radical (unpaired) electrons. The van der Waals surface area contributed by atoms with Crippen LogP contribution in [0.5, 0.6) is 5.75 Å². The van der Waals surface area contributed by atoms with Crippen molar-refractivity contribution < 1.29 is 14.1 Å². The number of carbonyl (C=O) groups excluding carboxylic acids is 1. The molecule has 0 saturated carbocycles. The van der Waals surface area contributed by atoms with Gasteiger partial charge in [-0.15, -0.1) is 0 Å². The van der Waals surface area contributed by atoms with Crippen LogP contribution in [-0.2, 0) is 0 Å². The summed E-state index contributed by atoms with van der Waals surface area (Å²) in [5, 5.41) is 4.04. The summed E-state index contributed by atoms with van der Waals surface area (Å²) >= 11 is 0. The van der Waals surface area contributed by atoms with Crippen molar-refractivity contribution in [1.82, 2.24) is 10.1 Å². The summed E-state index contributed by atoms with van der Waals surface area (Å²) in [4.78, 5) is 13.9. The van der Waals surface area contributed by atoms with Gasteiger partial charge in [-0.2, -0.15) is 0 Å². The summed E-state index contributed by atoms with van der Waals surface area (Å²) in [5.41, 5.74) is 4.82. The second kappa shape index (κ2) is 5.77. The highest BCUT2D eigenvalue weighted by molar-refractivity contribution is 5.77. The van der Waals surface area contributed by atoms with Gasteiger partial charge in [0.05, 0.1) is 11.7 Å². The molecule has 126 valence electrons. The fourth-order valence-electron chi connectivity index (χ4n) is 3.42. The summed E-state index contributed by atoms with van der Waals surface area (Å²) in [5.74, 6) is 1.36. The van der Waals surface area contributed by atoms with Crippen molar-refractivity contribution in [1.29, 1.82) is 0 Å². The molecule has 0 spiro atoms. The monoisotopic (exact) mass is 334 g/mol. The molecular weight excluding hydrogens is 316 g/mol. The molecule has 2 aromatic carbocycles. The van der Waals surface area contributed by atoms with Crippen molar-refractivity contribution in [2.45, 2.75) is 19.9 Å². The van der Waals surface area contributed by atoms with E-state index in [0.29, 0.717) is 5.75 Å². The van der Waals surface area contributed by atoms with E-state index in [0.717, 1.165) is 33.7 Å². The van der Waals surface area contributed by atoms with Gasteiger partial charge in [0.25, 0.3) is 0 Å². The first-order chi connectivity index (χ1) is 12.1. The second-order valence-corrected chi connectivity index (χ2v) is 6.24. The summed E-state index contributed by atoms with van der Waals surface area (Å²) in [7, 11) is 1.76. The fraction of sp³-hybridized carbons (Fsp3) is 0.200. The zero-order chi connectivity index (χ0) is 17.6. The Morgan fingerprint density at radius 3 is 2.52 bits per heavy atom. The molecule has 3 aromatic rings. The molecule has 0 bridgehead atoms. The summed E-state index contributed by atoms with van der Waals surface area (Å²) in [6.45, 7) is 3.82. The zero-order valence-corrected chi connectivity index (χ0v) is 14.3. The van der Waals surface area contributed by atoms with Crippen LogP contribution in [-0.4, -0.2) is 23.2 Å². The fourth-order valence-corrected chi connectivity index (χ4v) is 3.42. The third kappa shape index (κ3) is 2.48. The largest absolute Gasteiger partial charge is 0.415 e. The Bertz CT molecular complexity index is 927. The lowest BCUT2D eigenvalue weighted by Crippen LogP contribution is -2.38. The number of carbonyl (C=O) groups is 1. The predicted octanol–water partition coefficient (Wildman–Crippen LogP) is 4.49. The minimum absolute atomic E-state index is 0.196. The number of aromatic nitrogens is 1. The first-order valence-electron chi connectivity index (χ1n) is 8.13. The van der Waals surface area contributed by atoms with E-state index in [1.165, 1.54) is 0 Å². The molecule has 4 rings (SSSR count). The van der Waals surface area contributed by atoms with Crippen LogP contribution in [0, 0.1) is 13.8 Å². The van der Waals surface area contributed by atoms with Gasteiger partial charge in [-0.25, -0.2) is 4.79 Å². The van der Waals surface area contributed by atoms with Gasteiger partial charge in [-0.05, 0) is 37.1 Å².